The van der Waals surface area contributed by atoms with Gasteiger partial charge in [0.25, 0.3) is 0 Å². The number of nitrogens with two attached hydrogens (primary N) is 1. The normalized spacial score (nSPS) is 11.9. The lowest BCUT2D eigenvalue weighted by atomic mass is 10.0. The van der Waals surface area contributed by atoms with Gasteiger partial charge in [0.2, 0.25) is 5.91 Å². The van der Waals surface area contributed by atoms with Crippen LogP contribution in [0.5, 0.6) is 0 Å². The van der Waals surface area contributed by atoms with Gasteiger partial charge in [-0.3, -0.25) is 9.78 Å². The van der Waals surface area contributed by atoms with Crippen LogP contribution in [0.25, 0.3) is 0 Å². The van der Waals surface area contributed by atoms with E-state index in [0.717, 1.165) is 5.56 Å². The van der Waals surface area contributed by atoms with Gasteiger partial charge < -0.3 is 15.8 Å². The maximum Gasteiger partial charge on any atom is 0.408 e. The van der Waals surface area contributed by atoms with Crippen molar-refractivity contribution in [3.63, 3.8) is 0 Å². The number of hydrogen-bond donors (Lipinski definition) is 2. The minimum Gasteiger partial charge on any atom is -0.445 e. The first kappa shape index (κ1) is 14.9. The van der Waals surface area contributed by atoms with E-state index in [1.807, 2.05) is 13.8 Å². The number of nitrogens with one attached hydrogen (secondary N) is 1. The van der Waals surface area contributed by atoms with E-state index >= 15 is 0 Å². The number of pyridine rings is 1. The molecule has 1 atom stereocenters. The fraction of sp³-hybridized carbons (Fsp3) is 0.462. The van der Waals surface area contributed by atoms with Crippen LogP contribution in [-0.4, -0.2) is 23.0 Å². The Balaban J connectivity index is 2.42. The second kappa shape index (κ2) is 7.35. The Labute approximate surface area is 112 Å². The number of rotatable bonds is 6. The number of primary amides is 1. The molecule has 104 valence electrons. The number of ether oxygens (including phenoxy) is 1. The molecule has 6 heteroatoms. The van der Waals surface area contributed by atoms with Crippen LogP contribution in [0.15, 0.2) is 24.5 Å². The molecule has 2 amide bonds. The Kier molecular flexibility index (Phi) is 5.78. The third-order valence-electron chi connectivity index (χ3n) is 2.46. The van der Waals surface area contributed by atoms with Crippen LogP contribution in [0, 0.1) is 5.92 Å². The monoisotopic (exact) mass is 265 g/mol. The third-order valence-corrected chi connectivity index (χ3v) is 2.46. The summed E-state index contributed by atoms with van der Waals surface area (Å²) in [5, 5.41) is 2.47. The number of aromatic nitrogens is 1. The van der Waals surface area contributed by atoms with Crippen molar-refractivity contribution >= 4 is 12.0 Å². The van der Waals surface area contributed by atoms with Crippen molar-refractivity contribution < 1.29 is 14.3 Å². The van der Waals surface area contributed by atoms with Gasteiger partial charge in [0, 0.05) is 12.4 Å². The number of carbonyl (C=O) groups excluding carboxylic acids is 2. The Morgan fingerprint density at radius 2 is 2.00 bits per heavy atom. The molecule has 0 spiro atoms. The van der Waals surface area contributed by atoms with Crippen molar-refractivity contribution in [3.05, 3.63) is 30.1 Å². The molecule has 0 fully saturated rings. The average molecular weight is 265 g/mol. The van der Waals surface area contributed by atoms with Gasteiger partial charge in [-0.15, -0.1) is 0 Å². The smallest absolute Gasteiger partial charge is 0.408 e. The zero-order valence-electron chi connectivity index (χ0n) is 11.1. The van der Waals surface area contributed by atoms with Crippen LogP contribution in [0.3, 0.4) is 0 Å². The number of amides is 2. The first-order chi connectivity index (χ1) is 8.99. The van der Waals surface area contributed by atoms with Crippen molar-refractivity contribution in [2.75, 3.05) is 0 Å². The van der Waals surface area contributed by atoms with E-state index in [-0.39, 0.29) is 12.5 Å². The number of alkyl carbamates (subject to hydrolysis) is 1. The van der Waals surface area contributed by atoms with Crippen LogP contribution in [0.2, 0.25) is 0 Å². The van der Waals surface area contributed by atoms with Gasteiger partial charge in [0.05, 0.1) is 0 Å². The largest absolute Gasteiger partial charge is 0.445 e. The number of carbonyl (C=O) groups is 2. The second-order valence-electron chi connectivity index (χ2n) is 4.66. The van der Waals surface area contributed by atoms with Crippen LogP contribution in [0.4, 0.5) is 4.79 Å². The van der Waals surface area contributed by atoms with Crippen LogP contribution >= 0.6 is 0 Å². The van der Waals surface area contributed by atoms with Crippen molar-refractivity contribution in [2.45, 2.75) is 32.9 Å². The lowest BCUT2D eigenvalue weighted by molar-refractivity contribution is -0.120. The van der Waals surface area contributed by atoms with Gasteiger partial charge in [0.15, 0.2) is 0 Å². The Morgan fingerprint density at radius 3 is 2.53 bits per heavy atom. The standard InChI is InChI=1S/C13H19N3O3/c1-9(2)7-11(12(14)17)16-13(18)19-8-10-3-5-15-6-4-10/h3-6,9,11H,7-8H2,1-2H3,(H2,14,17)(H,16,18)/t11-/m0/s1. The van der Waals surface area contributed by atoms with E-state index in [0.29, 0.717) is 6.42 Å². The van der Waals surface area contributed by atoms with Gasteiger partial charge >= 0.3 is 6.09 Å². The van der Waals surface area contributed by atoms with Crippen molar-refractivity contribution in [1.29, 1.82) is 0 Å². The minimum atomic E-state index is -0.704. The number of nitrogens with zero attached hydrogens (tertiary/aromatic N) is 1. The molecule has 19 heavy (non-hydrogen) atoms. The summed E-state index contributed by atoms with van der Waals surface area (Å²) >= 11 is 0. The van der Waals surface area contributed by atoms with Crippen molar-refractivity contribution in [3.8, 4) is 0 Å². The Hall–Kier alpha value is -2.11. The maximum atomic E-state index is 11.6. The Bertz CT molecular complexity index is 420. The highest BCUT2D eigenvalue weighted by atomic mass is 16.5. The molecular weight excluding hydrogens is 246 g/mol. The van der Waals surface area contributed by atoms with Crippen LogP contribution in [0.1, 0.15) is 25.8 Å². The molecule has 1 rings (SSSR count). The summed E-state index contributed by atoms with van der Waals surface area (Å²) < 4.78 is 5.00. The highest BCUT2D eigenvalue weighted by Crippen LogP contribution is 2.05. The van der Waals surface area contributed by atoms with E-state index in [9.17, 15) is 9.59 Å². The fourth-order valence-electron chi connectivity index (χ4n) is 1.53. The molecule has 1 aromatic heterocycles. The predicted molar refractivity (Wildman–Crippen MR) is 70.0 cm³/mol. The molecule has 0 aromatic carbocycles. The summed E-state index contributed by atoms with van der Waals surface area (Å²) in [6.45, 7) is 4.02. The van der Waals surface area contributed by atoms with Crippen molar-refractivity contribution in [2.24, 2.45) is 11.7 Å². The molecule has 1 heterocycles. The molecular formula is C13H19N3O3. The summed E-state index contributed by atoms with van der Waals surface area (Å²) in [5.74, 6) is -0.312. The van der Waals surface area contributed by atoms with Crippen molar-refractivity contribution in [1.82, 2.24) is 10.3 Å². The highest BCUT2D eigenvalue weighted by Gasteiger charge is 2.19. The van der Waals surface area contributed by atoms with Crippen LogP contribution in [-0.2, 0) is 16.1 Å². The van der Waals surface area contributed by atoms with E-state index in [1.54, 1.807) is 24.5 Å². The Morgan fingerprint density at radius 1 is 1.37 bits per heavy atom. The SMILES string of the molecule is CC(C)C[C@H](NC(=O)OCc1ccncc1)C(N)=O. The summed E-state index contributed by atoms with van der Waals surface area (Å²) in [6.07, 6.45) is 3.06. The third kappa shape index (κ3) is 5.85. The second-order valence-corrected chi connectivity index (χ2v) is 4.66. The zero-order chi connectivity index (χ0) is 14.3. The molecule has 6 nitrogen and oxygen atoms in total. The average Bonchev–Trinajstić information content (AvgIpc) is 2.36. The van der Waals surface area contributed by atoms with E-state index < -0.39 is 18.0 Å². The lowest BCUT2D eigenvalue weighted by Gasteiger charge is -2.17. The number of hydrogen-bond acceptors (Lipinski definition) is 4. The molecule has 3 N–H and O–H groups in total. The molecule has 0 aliphatic heterocycles. The summed E-state index contributed by atoms with van der Waals surface area (Å²) in [6, 6.07) is 2.78. The highest BCUT2D eigenvalue weighted by molar-refractivity contribution is 5.84. The van der Waals surface area contributed by atoms with Gasteiger partial charge in [-0.05, 0) is 30.0 Å². The van der Waals surface area contributed by atoms with Gasteiger partial charge in [-0.2, -0.15) is 0 Å². The van der Waals surface area contributed by atoms with Gasteiger partial charge in [-0.25, -0.2) is 4.79 Å². The molecule has 0 aliphatic carbocycles. The summed E-state index contributed by atoms with van der Waals surface area (Å²) in [5.41, 5.74) is 6.05. The predicted octanol–water partition coefficient (Wildman–Crippen LogP) is 1.21. The fourth-order valence-corrected chi connectivity index (χ4v) is 1.53. The molecule has 1 aromatic rings. The lowest BCUT2D eigenvalue weighted by Crippen LogP contribution is -2.45. The molecule has 0 radical (unpaired) electrons. The topological polar surface area (TPSA) is 94.3 Å². The van der Waals surface area contributed by atoms with E-state index in [1.165, 1.54) is 0 Å². The quantitative estimate of drug-likeness (QED) is 0.808. The molecule has 0 saturated heterocycles. The molecule has 0 bridgehead atoms. The van der Waals surface area contributed by atoms with Gasteiger partial charge in [-0.1, -0.05) is 13.8 Å². The van der Waals surface area contributed by atoms with Crippen LogP contribution < -0.4 is 11.1 Å². The minimum absolute atomic E-state index is 0.127. The van der Waals surface area contributed by atoms with E-state index in [2.05, 4.69) is 10.3 Å². The first-order valence-corrected chi connectivity index (χ1v) is 6.10. The maximum absolute atomic E-state index is 11.6. The first-order valence-electron chi connectivity index (χ1n) is 6.10. The summed E-state index contributed by atoms with van der Waals surface area (Å²) in [7, 11) is 0. The summed E-state index contributed by atoms with van der Waals surface area (Å²) in [4.78, 5) is 26.6. The molecule has 0 unspecified atom stereocenters. The molecule has 0 aliphatic rings. The van der Waals surface area contributed by atoms with Gasteiger partial charge in [0.1, 0.15) is 12.6 Å². The molecule has 0 saturated carbocycles. The zero-order valence-corrected chi connectivity index (χ0v) is 11.1. The van der Waals surface area contributed by atoms with E-state index in [4.69, 9.17) is 10.5 Å².